The highest BCUT2D eigenvalue weighted by molar-refractivity contribution is 5.65. The molecule has 104 valence electrons. The summed E-state index contributed by atoms with van der Waals surface area (Å²) in [4.78, 5) is 16.6. The quantitative estimate of drug-likeness (QED) is 0.906. The standard InChI is InChI=1S/C13H18N2O4/c1-9-3-4-11(8-15(9)13(16)17)19-12-7-10(18-2)5-6-14-12/h5-7,9,11H,3-4,8H2,1-2H3,(H,16,17). The molecule has 0 spiro atoms. The predicted molar refractivity (Wildman–Crippen MR) is 68.6 cm³/mol. The second kappa shape index (κ2) is 5.77. The van der Waals surface area contributed by atoms with Crippen LogP contribution in [0.5, 0.6) is 11.6 Å². The Kier molecular flexibility index (Phi) is 4.09. The number of pyridine rings is 1. The summed E-state index contributed by atoms with van der Waals surface area (Å²) in [7, 11) is 1.58. The molecule has 1 aliphatic rings. The molecule has 2 atom stereocenters. The SMILES string of the molecule is COc1ccnc(OC2CCC(C)N(C(=O)O)C2)c1. The van der Waals surface area contributed by atoms with Crippen LogP contribution in [0.3, 0.4) is 0 Å². The van der Waals surface area contributed by atoms with E-state index in [1.54, 1.807) is 25.4 Å². The Bertz CT molecular complexity index is 452. The van der Waals surface area contributed by atoms with Gasteiger partial charge in [0.25, 0.3) is 0 Å². The summed E-state index contributed by atoms with van der Waals surface area (Å²) in [5, 5.41) is 9.11. The monoisotopic (exact) mass is 266 g/mol. The maximum Gasteiger partial charge on any atom is 0.407 e. The number of amides is 1. The Morgan fingerprint density at radius 1 is 1.53 bits per heavy atom. The van der Waals surface area contributed by atoms with E-state index >= 15 is 0 Å². The molecular weight excluding hydrogens is 248 g/mol. The summed E-state index contributed by atoms with van der Waals surface area (Å²) in [5.41, 5.74) is 0. The van der Waals surface area contributed by atoms with Gasteiger partial charge in [0.1, 0.15) is 11.9 Å². The van der Waals surface area contributed by atoms with Gasteiger partial charge in [0.05, 0.1) is 13.7 Å². The van der Waals surface area contributed by atoms with Crippen LogP contribution in [0, 0.1) is 0 Å². The molecule has 1 N–H and O–H groups in total. The Morgan fingerprint density at radius 3 is 3.00 bits per heavy atom. The largest absolute Gasteiger partial charge is 0.497 e. The molecule has 0 bridgehead atoms. The number of likely N-dealkylation sites (tertiary alicyclic amines) is 1. The van der Waals surface area contributed by atoms with Crippen molar-refractivity contribution in [2.24, 2.45) is 0 Å². The minimum Gasteiger partial charge on any atom is -0.497 e. The number of carboxylic acid groups (broad SMARTS) is 1. The maximum atomic E-state index is 11.1. The Hall–Kier alpha value is -1.98. The molecule has 6 heteroatoms. The van der Waals surface area contributed by atoms with Gasteiger partial charge in [-0.2, -0.15) is 0 Å². The molecule has 1 amide bonds. The summed E-state index contributed by atoms with van der Waals surface area (Å²) in [5.74, 6) is 1.13. The fraction of sp³-hybridized carbons (Fsp3) is 0.538. The van der Waals surface area contributed by atoms with E-state index in [0.717, 1.165) is 12.8 Å². The summed E-state index contributed by atoms with van der Waals surface area (Å²) in [6, 6.07) is 3.47. The summed E-state index contributed by atoms with van der Waals surface area (Å²) >= 11 is 0. The average Bonchev–Trinajstić information content (AvgIpc) is 2.41. The summed E-state index contributed by atoms with van der Waals surface area (Å²) in [6.45, 7) is 2.28. The van der Waals surface area contributed by atoms with Crippen molar-refractivity contribution in [3.63, 3.8) is 0 Å². The van der Waals surface area contributed by atoms with Gasteiger partial charge in [-0.05, 0) is 25.8 Å². The Morgan fingerprint density at radius 2 is 2.32 bits per heavy atom. The molecule has 1 aliphatic heterocycles. The zero-order valence-electron chi connectivity index (χ0n) is 11.1. The van der Waals surface area contributed by atoms with Crippen molar-refractivity contribution < 1.29 is 19.4 Å². The highest BCUT2D eigenvalue weighted by Gasteiger charge is 2.30. The molecule has 1 aromatic heterocycles. The smallest absolute Gasteiger partial charge is 0.407 e. The van der Waals surface area contributed by atoms with E-state index in [-0.39, 0.29) is 12.1 Å². The topological polar surface area (TPSA) is 71.9 Å². The van der Waals surface area contributed by atoms with E-state index in [9.17, 15) is 4.79 Å². The molecular formula is C13H18N2O4. The van der Waals surface area contributed by atoms with E-state index in [2.05, 4.69) is 4.98 Å². The van der Waals surface area contributed by atoms with E-state index < -0.39 is 6.09 Å². The third-order valence-corrected chi connectivity index (χ3v) is 3.31. The van der Waals surface area contributed by atoms with Crippen LogP contribution in [0.1, 0.15) is 19.8 Å². The van der Waals surface area contributed by atoms with Crippen molar-refractivity contribution in [1.82, 2.24) is 9.88 Å². The van der Waals surface area contributed by atoms with Crippen LogP contribution in [-0.2, 0) is 0 Å². The van der Waals surface area contributed by atoms with Crippen LogP contribution >= 0.6 is 0 Å². The van der Waals surface area contributed by atoms with Gasteiger partial charge in [0.15, 0.2) is 0 Å². The number of aromatic nitrogens is 1. The van der Waals surface area contributed by atoms with Crippen molar-refractivity contribution >= 4 is 6.09 Å². The number of carbonyl (C=O) groups is 1. The molecule has 2 rings (SSSR count). The predicted octanol–water partition coefficient (Wildman–Crippen LogP) is 2.00. The van der Waals surface area contributed by atoms with Crippen LogP contribution in [0.15, 0.2) is 18.3 Å². The second-order valence-electron chi connectivity index (χ2n) is 4.64. The molecule has 1 saturated heterocycles. The second-order valence-corrected chi connectivity index (χ2v) is 4.64. The first kappa shape index (κ1) is 13.5. The first-order valence-corrected chi connectivity index (χ1v) is 6.26. The van der Waals surface area contributed by atoms with Crippen molar-refractivity contribution in [3.8, 4) is 11.6 Å². The van der Waals surface area contributed by atoms with Gasteiger partial charge in [-0.15, -0.1) is 0 Å². The van der Waals surface area contributed by atoms with Crippen LogP contribution in [0.25, 0.3) is 0 Å². The lowest BCUT2D eigenvalue weighted by Gasteiger charge is -2.35. The van der Waals surface area contributed by atoms with Gasteiger partial charge >= 0.3 is 6.09 Å². The number of hydrogen-bond donors (Lipinski definition) is 1. The van der Waals surface area contributed by atoms with E-state index in [1.165, 1.54) is 4.90 Å². The fourth-order valence-electron chi connectivity index (χ4n) is 2.19. The Balaban J connectivity index is 2.01. The number of hydrogen-bond acceptors (Lipinski definition) is 4. The maximum absolute atomic E-state index is 11.1. The minimum atomic E-state index is -0.903. The number of nitrogens with zero attached hydrogens (tertiary/aromatic N) is 2. The average molecular weight is 266 g/mol. The summed E-state index contributed by atoms with van der Waals surface area (Å²) < 4.78 is 10.8. The number of ether oxygens (including phenoxy) is 2. The van der Waals surface area contributed by atoms with Crippen molar-refractivity contribution in [3.05, 3.63) is 18.3 Å². The molecule has 6 nitrogen and oxygen atoms in total. The van der Waals surface area contributed by atoms with Crippen LogP contribution in [0.4, 0.5) is 4.79 Å². The van der Waals surface area contributed by atoms with Gasteiger partial charge in [-0.3, -0.25) is 0 Å². The van der Waals surface area contributed by atoms with Crippen LogP contribution < -0.4 is 9.47 Å². The normalized spacial score (nSPS) is 22.9. The molecule has 0 radical (unpaired) electrons. The van der Waals surface area contributed by atoms with Gasteiger partial charge in [-0.1, -0.05) is 0 Å². The number of methoxy groups -OCH3 is 1. The molecule has 0 saturated carbocycles. The molecule has 2 heterocycles. The van der Waals surface area contributed by atoms with Crippen LogP contribution in [-0.4, -0.2) is 46.9 Å². The molecule has 0 aliphatic carbocycles. The number of piperidine rings is 1. The third kappa shape index (κ3) is 3.27. The van der Waals surface area contributed by atoms with E-state index in [4.69, 9.17) is 14.6 Å². The first-order valence-electron chi connectivity index (χ1n) is 6.26. The molecule has 2 unspecified atom stereocenters. The Labute approximate surface area is 112 Å². The van der Waals surface area contributed by atoms with Crippen molar-refractivity contribution in [1.29, 1.82) is 0 Å². The first-order chi connectivity index (χ1) is 9.10. The van der Waals surface area contributed by atoms with E-state index in [0.29, 0.717) is 18.2 Å². The van der Waals surface area contributed by atoms with Gasteiger partial charge < -0.3 is 19.5 Å². The number of rotatable bonds is 3. The molecule has 1 aromatic rings. The third-order valence-electron chi connectivity index (χ3n) is 3.31. The zero-order chi connectivity index (χ0) is 13.8. The highest BCUT2D eigenvalue weighted by atomic mass is 16.5. The highest BCUT2D eigenvalue weighted by Crippen LogP contribution is 2.23. The lowest BCUT2D eigenvalue weighted by Crippen LogP contribution is -2.48. The molecule has 19 heavy (non-hydrogen) atoms. The van der Waals surface area contributed by atoms with E-state index in [1.807, 2.05) is 6.92 Å². The van der Waals surface area contributed by atoms with Crippen LogP contribution in [0.2, 0.25) is 0 Å². The summed E-state index contributed by atoms with van der Waals surface area (Å²) in [6.07, 6.45) is 2.16. The van der Waals surface area contributed by atoms with Crippen molar-refractivity contribution in [2.75, 3.05) is 13.7 Å². The van der Waals surface area contributed by atoms with Gasteiger partial charge in [0, 0.05) is 18.3 Å². The zero-order valence-corrected chi connectivity index (χ0v) is 11.1. The van der Waals surface area contributed by atoms with Gasteiger partial charge in [0.2, 0.25) is 5.88 Å². The lowest BCUT2D eigenvalue weighted by molar-refractivity contribution is 0.0519. The minimum absolute atomic E-state index is 0.0376. The molecule has 1 fully saturated rings. The lowest BCUT2D eigenvalue weighted by atomic mass is 10.0. The molecule has 0 aromatic carbocycles. The fourth-order valence-corrected chi connectivity index (χ4v) is 2.19. The van der Waals surface area contributed by atoms with Crippen molar-refractivity contribution in [2.45, 2.75) is 31.9 Å². The van der Waals surface area contributed by atoms with Gasteiger partial charge in [-0.25, -0.2) is 9.78 Å².